The van der Waals surface area contributed by atoms with Crippen molar-refractivity contribution >= 4 is 0 Å². The molecule has 0 unspecified atom stereocenters. The fourth-order valence-corrected chi connectivity index (χ4v) is 1.81. The van der Waals surface area contributed by atoms with Crippen molar-refractivity contribution in [1.29, 1.82) is 0 Å². The number of hydrogen-bond donors (Lipinski definition) is 0. The maximum atomic E-state index is 5.15. The molecule has 0 aromatic heterocycles. The van der Waals surface area contributed by atoms with Crippen LogP contribution >= 0.6 is 0 Å². The molecule has 0 bridgehead atoms. The van der Waals surface area contributed by atoms with Gasteiger partial charge >= 0.3 is 0 Å². The van der Waals surface area contributed by atoms with Crippen molar-refractivity contribution < 1.29 is 4.74 Å². The minimum atomic E-state index is 0.786. The lowest BCUT2D eigenvalue weighted by atomic mass is 9.99. The molecule has 2 nitrogen and oxygen atoms in total. The lowest BCUT2D eigenvalue weighted by Crippen LogP contribution is -2.36. The summed E-state index contributed by atoms with van der Waals surface area (Å²) in [7, 11) is 1.80. The number of nitrogens with zero attached hydrogens (tertiary/aromatic N) is 1. The first-order valence-corrected chi connectivity index (χ1v) is 4.58. The first-order chi connectivity index (χ1) is 5.36. The molecule has 0 aromatic carbocycles. The topological polar surface area (TPSA) is 12.5 Å². The van der Waals surface area contributed by atoms with Crippen LogP contribution in [0.5, 0.6) is 0 Å². The Morgan fingerprint density at radius 3 is 3.00 bits per heavy atom. The summed E-state index contributed by atoms with van der Waals surface area (Å²) in [6, 6.07) is 0. The second-order valence-electron chi connectivity index (χ2n) is 3.36. The Hall–Kier alpha value is -0.0800. The summed E-state index contributed by atoms with van der Waals surface area (Å²) in [6.45, 7) is 6.90. The number of likely N-dealkylation sites (tertiary alicyclic amines) is 1. The lowest BCUT2D eigenvalue weighted by molar-refractivity contribution is 0.0933. The first-order valence-electron chi connectivity index (χ1n) is 4.58. The average Bonchev–Trinajstić information content (AvgIpc) is 2.06. The van der Waals surface area contributed by atoms with Crippen LogP contribution in [0.15, 0.2) is 0 Å². The van der Waals surface area contributed by atoms with Crippen molar-refractivity contribution in [1.82, 2.24) is 4.90 Å². The quantitative estimate of drug-likeness (QED) is 0.613. The Kier molecular flexibility index (Phi) is 3.87. The molecule has 1 rings (SSSR count). The predicted octanol–water partition coefficient (Wildman–Crippen LogP) is 1.36. The summed E-state index contributed by atoms with van der Waals surface area (Å²) >= 11 is 0. The highest BCUT2D eigenvalue weighted by atomic mass is 16.5. The van der Waals surface area contributed by atoms with E-state index in [1.165, 1.54) is 32.5 Å². The van der Waals surface area contributed by atoms with Crippen molar-refractivity contribution in [2.75, 3.05) is 33.4 Å². The minimum absolute atomic E-state index is 0.786. The highest BCUT2D eigenvalue weighted by Crippen LogP contribution is 2.15. The maximum Gasteiger partial charge on any atom is 0.0502 e. The summed E-state index contributed by atoms with van der Waals surface area (Å²) in [6.07, 6.45) is 2.70. The molecular formula is C9H19NO. The van der Waals surface area contributed by atoms with Gasteiger partial charge in [0, 0.05) is 13.7 Å². The number of hydrogen-bond acceptors (Lipinski definition) is 2. The largest absolute Gasteiger partial charge is 0.384 e. The van der Waals surface area contributed by atoms with Gasteiger partial charge in [0.05, 0.1) is 6.61 Å². The predicted molar refractivity (Wildman–Crippen MR) is 46.7 cm³/mol. The second-order valence-corrected chi connectivity index (χ2v) is 3.36. The third kappa shape index (κ3) is 2.80. The van der Waals surface area contributed by atoms with E-state index in [1.54, 1.807) is 7.11 Å². The SMILES string of the molecule is CCN1CCC[C@@H](COC)C1. The van der Waals surface area contributed by atoms with Gasteiger partial charge < -0.3 is 9.64 Å². The molecule has 1 heterocycles. The van der Waals surface area contributed by atoms with Crippen molar-refractivity contribution in [2.24, 2.45) is 5.92 Å². The van der Waals surface area contributed by atoms with E-state index in [9.17, 15) is 0 Å². The van der Waals surface area contributed by atoms with E-state index >= 15 is 0 Å². The Balaban J connectivity index is 2.21. The molecule has 0 spiro atoms. The van der Waals surface area contributed by atoms with Gasteiger partial charge in [-0.2, -0.15) is 0 Å². The summed E-state index contributed by atoms with van der Waals surface area (Å²) in [4.78, 5) is 2.51. The van der Waals surface area contributed by atoms with Crippen molar-refractivity contribution in [2.45, 2.75) is 19.8 Å². The molecule has 0 radical (unpaired) electrons. The standard InChI is InChI=1S/C9H19NO/c1-3-10-6-4-5-9(7-10)8-11-2/h9H,3-8H2,1-2H3/t9-/m1/s1. The molecule has 66 valence electrons. The Morgan fingerprint density at radius 2 is 2.36 bits per heavy atom. The van der Waals surface area contributed by atoms with Crippen LogP contribution in [0.1, 0.15) is 19.8 Å². The Labute approximate surface area is 69.5 Å². The van der Waals surface area contributed by atoms with Gasteiger partial charge in [0.2, 0.25) is 0 Å². The van der Waals surface area contributed by atoms with E-state index in [0.717, 1.165) is 12.5 Å². The summed E-state index contributed by atoms with van der Waals surface area (Å²) in [5.74, 6) is 0.786. The molecule has 1 aliphatic rings. The van der Waals surface area contributed by atoms with Crippen molar-refractivity contribution in [3.63, 3.8) is 0 Å². The van der Waals surface area contributed by atoms with Crippen molar-refractivity contribution in [3.8, 4) is 0 Å². The normalized spacial score (nSPS) is 27.3. The fraction of sp³-hybridized carbons (Fsp3) is 1.00. The molecular weight excluding hydrogens is 138 g/mol. The highest BCUT2D eigenvalue weighted by Gasteiger charge is 2.17. The first kappa shape index (κ1) is 9.01. The van der Waals surface area contributed by atoms with Gasteiger partial charge in [-0.3, -0.25) is 0 Å². The van der Waals surface area contributed by atoms with E-state index in [2.05, 4.69) is 11.8 Å². The molecule has 11 heavy (non-hydrogen) atoms. The van der Waals surface area contributed by atoms with E-state index in [-0.39, 0.29) is 0 Å². The molecule has 0 aromatic rings. The molecule has 0 saturated carbocycles. The van der Waals surface area contributed by atoms with Crippen LogP contribution in [-0.2, 0) is 4.74 Å². The molecule has 0 N–H and O–H groups in total. The van der Waals surface area contributed by atoms with Crippen LogP contribution in [0, 0.1) is 5.92 Å². The van der Waals surface area contributed by atoms with Gasteiger partial charge in [-0.05, 0) is 31.8 Å². The van der Waals surface area contributed by atoms with E-state index in [1.807, 2.05) is 0 Å². The summed E-state index contributed by atoms with van der Waals surface area (Å²) in [5, 5.41) is 0. The maximum absolute atomic E-state index is 5.15. The van der Waals surface area contributed by atoms with Crippen molar-refractivity contribution in [3.05, 3.63) is 0 Å². The highest BCUT2D eigenvalue weighted by molar-refractivity contribution is 4.71. The van der Waals surface area contributed by atoms with Gasteiger partial charge in [-0.15, -0.1) is 0 Å². The number of rotatable bonds is 3. The van der Waals surface area contributed by atoms with Crippen LogP contribution < -0.4 is 0 Å². The molecule has 0 aliphatic carbocycles. The monoisotopic (exact) mass is 157 g/mol. The van der Waals surface area contributed by atoms with Crippen LogP contribution in [-0.4, -0.2) is 38.3 Å². The van der Waals surface area contributed by atoms with Gasteiger partial charge in [-0.25, -0.2) is 0 Å². The number of ether oxygens (including phenoxy) is 1. The third-order valence-corrected chi connectivity index (χ3v) is 2.45. The summed E-state index contributed by atoms with van der Waals surface area (Å²) in [5.41, 5.74) is 0. The Bertz CT molecular complexity index is 104. The smallest absolute Gasteiger partial charge is 0.0502 e. The van der Waals surface area contributed by atoms with E-state index in [0.29, 0.717) is 0 Å². The van der Waals surface area contributed by atoms with E-state index < -0.39 is 0 Å². The number of methoxy groups -OCH3 is 1. The lowest BCUT2D eigenvalue weighted by Gasteiger charge is -2.31. The van der Waals surface area contributed by atoms with Gasteiger partial charge in [0.15, 0.2) is 0 Å². The van der Waals surface area contributed by atoms with Crippen LogP contribution in [0.2, 0.25) is 0 Å². The molecule has 1 saturated heterocycles. The zero-order chi connectivity index (χ0) is 8.10. The van der Waals surface area contributed by atoms with Gasteiger partial charge in [0.25, 0.3) is 0 Å². The molecule has 1 aliphatic heterocycles. The molecule has 2 heteroatoms. The second kappa shape index (κ2) is 4.73. The zero-order valence-electron chi connectivity index (χ0n) is 7.68. The van der Waals surface area contributed by atoms with Gasteiger partial charge in [-0.1, -0.05) is 6.92 Å². The van der Waals surface area contributed by atoms with Crippen LogP contribution in [0.3, 0.4) is 0 Å². The Morgan fingerprint density at radius 1 is 1.55 bits per heavy atom. The van der Waals surface area contributed by atoms with Gasteiger partial charge in [0.1, 0.15) is 0 Å². The van der Waals surface area contributed by atoms with Crippen LogP contribution in [0.4, 0.5) is 0 Å². The molecule has 1 atom stereocenters. The minimum Gasteiger partial charge on any atom is -0.384 e. The summed E-state index contributed by atoms with van der Waals surface area (Å²) < 4.78 is 5.15. The van der Waals surface area contributed by atoms with E-state index in [4.69, 9.17) is 4.74 Å². The third-order valence-electron chi connectivity index (χ3n) is 2.45. The molecule has 1 fully saturated rings. The van der Waals surface area contributed by atoms with Crippen LogP contribution in [0.25, 0.3) is 0 Å². The average molecular weight is 157 g/mol. The number of piperidine rings is 1. The fourth-order valence-electron chi connectivity index (χ4n) is 1.81. The molecule has 0 amide bonds. The zero-order valence-corrected chi connectivity index (χ0v) is 7.68.